The molecule has 4 rings (SSSR count). The van der Waals surface area contributed by atoms with Crippen LogP contribution in [-0.4, -0.2) is 23.8 Å². The van der Waals surface area contributed by atoms with Crippen LogP contribution in [0.1, 0.15) is 5.69 Å². The lowest BCUT2D eigenvalue weighted by Gasteiger charge is -2.05. The molecule has 0 N–H and O–H groups in total. The Hall–Kier alpha value is -3.07. The van der Waals surface area contributed by atoms with Crippen LogP contribution >= 0.6 is 11.6 Å². The summed E-state index contributed by atoms with van der Waals surface area (Å²) in [5, 5.41) is 4.05. The lowest BCUT2D eigenvalue weighted by molar-refractivity contribution is 0.409. The lowest BCUT2D eigenvalue weighted by atomic mass is 10.3. The van der Waals surface area contributed by atoms with E-state index in [1.807, 2.05) is 0 Å². The van der Waals surface area contributed by atoms with Crippen molar-refractivity contribution in [2.75, 3.05) is 0 Å². The zero-order valence-electron chi connectivity index (χ0n) is 13.3. The van der Waals surface area contributed by atoms with Gasteiger partial charge in [-0.1, -0.05) is 5.16 Å². The standard InChI is InChI=1S/C15H12ClN5O4/c1-19-12-11(13(22)20(2)15(19)23)21(14(16)17-12)7-8-6-10(25-18-8)9-4-3-5-24-9/h3-6H,7H2,1-2H3. The largest absolute Gasteiger partial charge is 0.461 e. The maximum Gasteiger partial charge on any atom is 0.332 e. The molecule has 10 heteroatoms. The quantitative estimate of drug-likeness (QED) is 0.511. The Morgan fingerprint density at radius 1 is 1.20 bits per heavy atom. The number of halogens is 1. The zero-order valence-corrected chi connectivity index (χ0v) is 14.0. The summed E-state index contributed by atoms with van der Waals surface area (Å²) in [5.74, 6) is 1.000. The molecule has 0 unspecified atom stereocenters. The molecule has 0 spiro atoms. The average molecular weight is 362 g/mol. The van der Waals surface area contributed by atoms with Gasteiger partial charge in [0.15, 0.2) is 16.9 Å². The molecule has 128 valence electrons. The van der Waals surface area contributed by atoms with Gasteiger partial charge in [-0.3, -0.25) is 13.9 Å². The third-order valence-electron chi connectivity index (χ3n) is 3.94. The Morgan fingerprint density at radius 2 is 2.00 bits per heavy atom. The van der Waals surface area contributed by atoms with Crippen molar-refractivity contribution in [2.24, 2.45) is 14.1 Å². The molecule has 0 atom stereocenters. The molecule has 0 saturated heterocycles. The van der Waals surface area contributed by atoms with E-state index >= 15 is 0 Å². The van der Waals surface area contributed by atoms with Crippen molar-refractivity contribution in [2.45, 2.75) is 6.54 Å². The Balaban J connectivity index is 1.84. The van der Waals surface area contributed by atoms with Crippen LogP contribution in [0.3, 0.4) is 0 Å². The topological polar surface area (TPSA) is 101 Å². The SMILES string of the molecule is Cn1c(=O)c2c(nc(Cl)n2Cc2cc(-c3ccco3)on2)n(C)c1=O. The van der Waals surface area contributed by atoms with Gasteiger partial charge in [-0.15, -0.1) is 0 Å². The summed E-state index contributed by atoms with van der Waals surface area (Å²) in [4.78, 5) is 28.6. The number of nitrogens with zero attached hydrogens (tertiary/aromatic N) is 5. The van der Waals surface area contributed by atoms with Crippen molar-refractivity contribution < 1.29 is 8.94 Å². The van der Waals surface area contributed by atoms with Gasteiger partial charge in [0.1, 0.15) is 5.69 Å². The van der Waals surface area contributed by atoms with Gasteiger partial charge in [0.25, 0.3) is 5.56 Å². The molecule has 0 aliphatic rings. The summed E-state index contributed by atoms with van der Waals surface area (Å²) in [5.41, 5.74) is 0.0149. The van der Waals surface area contributed by atoms with E-state index in [9.17, 15) is 9.59 Å². The molecule has 4 aromatic heterocycles. The third kappa shape index (κ3) is 2.31. The fraction of sp³-hybridized carbons (Fsp3) is 0.200. The zero-order chi connectivity index (χ0) is 17.7. The van der Waals surface area contributed by atoms with Crippen molar-refractivity contribution in [1.82, 2.24) is 23.8 Å². The van der Waals surface area contributed by atoms with Crippen LogP contribution in [0.5, 0.6) is 0 Å². The molecule has 0 fully saturated rings. The van der Waals surface area contributed by atoms with Crippen molar-refractivity contribution in [1.29, 1.82) is 0 Å². The van der Waals surface area contributed by atoms with Gasteiger partial charge in [-0.25, -0.2) is 4.79 Å². The van der Waals surface area contributed by atoms with E-state index in [1.165, 1.54) is 29.5 Å². The molecule has 0 saturated carbocycles. The van der Waals surface area contributed by atoms with Crippen molar-refractivity contribution in [3.05, 3.63) is 56.3 Å². The molecule has 4 heterocycles. The van der Waals surface area contributed by atoms with Gasteiger partial charge in [0.05, 0.1) is 12.8 Å². The van der Waals surface area contributed by atoms with E-state index in [0.717, 1.165) is 4.57 Å². The van der Waals surface area contributed by atoms with E-state index in [2.05, 4.69) is 10.1 Å². The van der Waals surface area contributed by atoms with Gasteiger partial charge < -0.3 is 13.5 Å². The van der Waals surface area contributed by atoms with Crippen molar-refractivity contribution in [3.8, 4) is 11.5 Å². The summed E-state index contributed by atoms with van der Waals surface area (Å²) >= 11 is 6.18. The van der Waals surface area contributed by atoms with Crippen LogP contribution in [-0.2, 0) is 20.6 Å². The number of fused-ring (bicyclic) bond motifs is 1. The third-order valence-corrected chi connectivity index (χ3v) is 4.23. The Bertz CT molecular complexity index is 1200. The minimum atomic E-state index is -0.479. The molecule has 0 radical (unpaired) electrons. The Kier molecular flexibility index (Phi) is 3.39. The van der Waals surface area contributed by atoms with Gasteiger partial charge in [-0.2, -0.15) is 4.98 Å². The molecule has 0 amide bonds. The van der Waals surface area contributed by atoms with E-state index in [4.69, 9.17) is 20.5 Å². The molecule has 9 nitrogen and oxygen atoms in total. The minimum absolute atomic E-state index is 0.0795. The summed E-state index contributed by atoms with van der Waals surface area (Å²) < 4.78 is 14.3. The predicted octanol–water partition coefficient (Wildman–Crippen LogP) is 1.38. The fourth-order valence-corrected chi connectivity index (χ4v) is 2.87. The van der Waals surface area contributed by atoms with Crippen LogP contribution in [0.25, 0.3) is 22.7 Å². The Labute approximate surface area is 144 Å². The van der Waals surface area contributed by atoms with Gasteiger partial charge >= 0.3 is 5.69 Å². The highest BCUT2D eigenvalue weighted by molar-refractivity contribution is 6.29. The summed E-state index contributed by atoms with van der Waals surface area (Å²) in [6, 6.07) is 5.17. The average Bonchev–Trinajstić information content (AvgIpc) is 3.32. The highest BCUT2D eigenvalue weighted by atomic mass is 35.5. The number of imidazole rings is 1. The van der Waals surface area contributed by atoms with Gasteiger partial charge in [0.2, 0.25) is 11.0 Å². The number of aromatic nitrogens is 5. The van der Waals surface area contributed by atoms with Crippen LogP contribution in [0.4, 0.5) is 0 Å². The molecule has 4 aromatic rings. The maximum absolute atomic E-state index is 12.5. The van der Waals surface area contributed by atoms with E-state index < -0.39 is 11.2 Å². The highest BCUT2D eigenvalue weighted by Crippen LogP contribution is 2.22. The van der Waals surface area contributed by atoms with Crippen LogP contribution in [0.15, 0.2) is 43.0 Å². The van der Waals surface area contributed by atoms with Gasteiger partial charge in [0, 0.05) is 20.2 Å². The maximum atomic E-state index is 12.5. The molecular weight excluding hydrogens is 350 g/mol. The molecule has 0 bridgehead atoms. The smallest absolute Gasteiger partial charge is 0.332 e. The number of aryl methyl sites for hydroxylation is 1. The van der Waals surface area contributed by atoms with E-state index in [1.54, 1.807) is 18.2 Å². The van der Waals surface area contributed by atoms with Crippen LogP contribution in [0, 0.1) is 0 Å². The second kappa shape index (κ2) is 5.49. The molecule has 0 aromatic carbocycles. The van der Waals surface area contributed by atoms with E-state index in [0.29, 0.717) is 17.2 Å². The normalized spacial score (nSPS) is 11.5. The summed E-state index contributed by atoms with van der Waals surface area (Å²) in [6.07, 6.45) is 1.53. The summed E-state index contributed by atoms with van der Waals surface area (Å²) in [6.45, 7) is 0.160. The second-order valence-electron chi connectivity index (χ2n) is 5.50. The lowest BCUT2D eigenvalue weighted by Crippen LogP contribution is -2.37. The van der Waals surface area contributed by atoms with Crippen molar-refractivity contribution >= 4 is 22.8 Å². The predicted molar refractivity (Wildman–Crippen MR) is 88.5 cm³/mol. The molecule has 0 aliphatic carbocycles. The Morgan fingerprint density at radius 3 is 2.72 bits per heavy atom. The van der Waals surface area contributed by atoms with Gasteiger partial charge in [-0.05, 0) is 23.7 Å². The number of rotatable bonds is 3. The molecular formula is C15H12ClN5O4. The number of hydrogen-bond donors (Lipinski definition) is 0. The first-order valence-electron chi connectivity index (χ1n) is 7.28. The first-order chi connectivity index (χ1) is 12.0. The van der Waals surface area contributed by atoms with E-state index in [-0.39, 0.29) is 23.0 Å². The van der Waals surface area contributed by atoms with Crippen LogP contribution in [0.2, 0.25) is 5.28 Å². The first-order valence-corrected chi connectivity index (χ1v) is 7.66. The number of hydrogen-bond acceptors (Lipinski definition) is 6. The second-order valence-corrected chi connectivity index (χ2v) is 5.84. The highest BCUT2D eigenvalue weighted by Gasteiger charge is 2.19. The fourth-order valence-electron chi connectivity index (χ4n) is 2.65. The first kappa shape index (κ1) is 15.5. The van der Waals surface area contributed by atoms with Crippen molar-refractivity contribution in [3.63, 3.8) is 0 Å². The monoisotopic (exact) mass is 361 g/mol. The molecule has 0 aliphatic heterocycles. The number of furan rings is 1. The summed E-state index contributed by atoms with van der Waals surface area (Å²) in [7, 11) is 2.93. The van der Waals surface area contributed by atoms with Crippen LogP contribution < -0.4 is 11.2 Å². The molecule has 25 heavy (non-hydrogen) atoms. The minimum Gasteiger partial charge on any atom is -0.461 e.